The Morgan fingerprint density at radius 2 is 1.89 bits per heavy atom. The molecule has 1 aromatic rings. The summed E-state index contributed by atoms with van der Waals surface area (Å²) in [6.45, 7) is 7.45. The maximum atomic E-state index is 6.12. The monoisotopic (exact) mass is 261 g/mol. The number of nitrogens with one attached hydrogen (secondary N) is 1. The molecule has 0 radical (unpaired) electrons. The van der Waals surface area contributed by atoms with Crippen molar-refractivity contribution in [3.05, 3.63) is 29.3 Å². The zero-order valence-corrected chi connectivity index (χ0v) is 12.5. The van der Waals surface area contributed by atoms with E-state index in [1.54, 1.807) is 0 Å². The van der Waals surface area contributed by atoms with Gasteiger partial charge in [-0.2, -0.15) is 0 Å². The highest BCUT2D eigenvalue weighted by Crippen LogP contribution is 2.26. The second kappa shape index (κ2) is 6.95. The van der Waals surface area contributed by atoms with Crippen LogP contribution in [0.5, 0.6) is 5.75 Å². The second-order valence-electron chi connectivity index (χ2n) is 5.85. The van der Waals surface area contributed by atoms with Crippen molar-refractivity contribution in [2.45, 2.75) is 65.0 Å². The lowest BCUT2D eigenvalue weighted by Crippen LogP contribution is -2.34. The van der Waals surface area contributed by atoms with Crippen LogP contribution in [0, 0.1) is 0 Å². The molecule has 1 aliphatic carbocycles. The fraction of sp³-hybridized carbons (Fsp3) is 0.647. The van der Waals surface area contributed by atoms with Gasteiger partial charge < -0.3 is 10.1 Å². The van der Waals surface area contributed by atoms with Crippen LogP contribution in [0.3, 0.4) is 0 Å². The Bertz CT molecular complexity index is 400. The maximum absolute atomic E-state index is 6.12. The minimum Gasteiger partial charge on any atom is -0.489 e. The molecule has 1 unspecified atom stereocenters. The predicted molar refractivity (Wildman–Crippen MR) is 80.9 cm³/mol. The molecule has 0 spiro atoms. The number of rotatable bonds is 6. The van der Waals surface area contributed by atoms with Crippen molar-refractivity contribution in [1.29, 1.82) is 0 Å². The molecule has 1 atom stereocenters. The Morgan fingerprint density at radius 3 is 2.58 bits per heavy atom. The van der Waals surface area contributed by atoms with Crippen molar-refractivity contribution < 1.29 is 4.74 Å². The highest BCUT2D eigenvalue weighted by Gasteiger charge is 2.12. The van der Waals surface area contributed by atoms with Crippen molar-refractivity contribution in [2.75, 3.05) is 6.54 Å². The zero-order chi connectivity index (χ0) is 13.7. The molecule has 2 heteroatoms. The molecule has 1 N–H and O–H groups in total. The van der Waals surface area contributed by atoms with Gasteiger partial charge in [-0.25, -0.2) is 0 Å². The number of fused-ring (bicyclic) bond motifs is 1. The molecule has 1 aliphatic rings. The zero-order valence-electron chi connectivity index (χ0n) is 12.5. The van der Waals surface area contributed by atoms with E-state index >= 15 is 0 Å². The molecule has 0 heterocycles. The lowest BCUT2D eigenvalue weighted by atomic mass is 9.92. The van der Waals surface area contributed by atoms with E-state index in [9.17, 15) is 0 Å². The summed E-state index contributed by atoms with van der Waals surface area (Å²) in [4.78, 5) is 0. The molecule has 1 aromatic carbocycles. The normalized spacial score (nSPS) is 16.2. The fourth-order valence-electron chi connectivity index (χ4n) is 2.61. The van der Waals surface area contributed by atoms with Gasteiger partial charge in [0.2, 0.25) is 0 Å². The van der Waals surface area contributed by atoms with E-state index in [-0.39, 0.29) is 6.10 Å². The molecule has 0 fully saturated rings. The summed E-state index contributed by atoms with van der Waals surface area (Å²) < 4.78 is 6.12. The maximum Gasteiger partial charge on any atom is 0.120 e. The van der Waals surface area contributed by atoms with Crippen molar-refractivity contribution >= 4 is 0 Å². The molecule has 19 heavy (non-hydrogen) atoms. The topological polar surface area (TPSA) is 21.3 Å². The first-order valence-electron chi connectivity index (χ1n) is 7.71. The summed E-state index contributed by atoms with van der Waals surface area (Å²) in [5.41, 5.74) is 3.02. The number of aryl methyl sites for hydroxylation is 2. The molecular weight excluding hydrogens is 234 g/mol. The highest BCUT2D eigenvalue weighted by molar-refractivity contribution is 5.37. The molecule has 2 rings (SSSR count). The van der Waals surface area contributed by atoms with Crippen LogP contribution in [0.15, 0.2) is 18.2 Å². The lowest BCUT2D eigenvalue weighted by Gasteiger charge is -2.22. The van der Waals surface area contributed by atoms with Crippen LogP contribution in [0.25, 0.3) is 0 Å². The first kappa shape index (κ1) is 14.4. The van der Waals surface area contributed by atoms with Gasteiger partial charge in [-0.05, 0) is 55.4 Å². The van der Waals surface area contributed by atoms with Crippen LogP contribution in [0.2, 0.25) is 0 Å². The van der Waals surface area contributed by atoms with Crippen LogP contribution < -0.4 is 10.1 Å². The van der Waals surface area contributed by atoms with E-state index in [1.807, 2.05) is 0 Å². The summed E-state index contributed by atoms with van der Waals surface area (Å²) in [5, 5.41) is 3.45. The van der Waals surface area contributed by atoms with Gasteiger partial charge in [-0.15, -0.1) is 0 Å². The Hall–Kier alpha value is -1.02. The molecule has 0 saturated carbocycles. The highest BCUT2D eigenvalue weighted by atomic mass is 16.5. The minimum atomic E-state index is 0.268. The molecule has 0 aromatic heterocycles. The van der Waals surface area contributed by atoms with E-state index in [0.29, 0.717) is 6.04 Å². The molecule has 106 valence electrons. The van der Waals surface area contributed by atoms with Gasteiger partial charge >= 0.3 is 0 Å². The first-order chi connectivity index (χ1) is 9.19. The summed E-state index contributed by atoms with van der Waals surface area (Å²) in [7, 11) is 0. The van der Waals surface area contributed by atoms with Crippen molar-refractivity contribution in [3.63, 3.8) is 0 Å². The SMILES string of the molecule is CCC(CNC(C)C)Oc1ccc2c(c1)CCCC2. The van der Waals surface area contributed by atoms with Gasteiger partial charge in [-0.1, -0.05) is 26.8 Å². The van der Waals surface area contributed by atoms with Gasteiger partial charge in [0, 0.05) is 12.6 Å². The quantitative estimate of drug-likeness (QED) is 0.842. The third-order valence-electron chi connectivity index (χ3n) is 3.83. The largest absolute Gasteiger partial charge is 0.489 e. The molecule has 0 aliphatic heterocycles. The minimum absolute atomic E-state index is 0.268. The fourth-order valence-corrected chi connectivity index (χ4v) is 2.61. The van der Waals surface area contributed by atoms with Gasteiger partial charge in [0.1, 0.15) is 11.9 Å². The standard InChI is InChI=1S/C17H27NO/c1-4-16(12-18-13(2)3)19-17-10-9-14-7-5-6-8-15(14)11-17/h9-11,13,16,18H,4-8,12H2,1-3H3. The number of benzene rings is 1. The first-order valence-corrected chi connectivity index (χ1v) is 7.71. The molecule has 0 saturated heterocycles. The predicted octanol–water partition coefficient (Wildman–Crippen LogP) is 3.72. The molecule has 0 bridgehead atoms. The number of hydrogen-bond acceptors (Lipinski definition) is 2. The molecule has 0 amide bonds. The summed E-state index contributed by atoms with van der Waals surface area (Å²) in [5.74, 6) is 1.04. The summed E-state index contributed by atoms with van der Waals surface area (Å²) >= 11 is 0. The van der Waals surface area contributed by atoms with Crippen LogP contribution in [0.1, 0.15) is 51.2 Å². The van der Waals surface area contributed by atoms with E-state index < -0.39 is 0 Å². The molecular formula is C17H27NO. The van der Waals surface area contributed by atoms with E-state index in [0.717, 1.165) is 18.7 Å². The van der Waals surface area contributed by atoms with Crippen LogP contribution in [0.4, 0.5) is 0 Å². The van der Waals surface area contributed by atoms with E-state index in [4.69, 9.17) is 4.74 Å². The average molecular weight is 261 g/mol. The summed E-state index contributed by atoms with van der Waals surface area (Å²) in [6, 6.07) is 7.17. The molecule has 2 nitrogen and oxygen atoms in total. The van der Waals surface area contributed by atoms with Gasteiger partial charge in [0.15, 0.2) is 0 Å². The van der Waals surface area contributed by atoms with Gasteiger partial charge in [0.05, 0.1) is 0 Å². The second-order valence-corrected chi connectivity index (χ2v) is 5.85. The summed E-state index contributed by atoms with van der Waals surface area (Å²) in [6.07, 6.45) is 6.42. The van der Waals surface area contributed by atoms with Crippen LogP contribution in [-0.2, 0) is 12.8 Å². The van der Waals surface area contributed by atoms with Crippen LogP contribution >= 0.6 is 0 Å². The number of hydrogen-bond donors (Lipinski definition) is 1. The number of ether oxygens (including phenoxy) is 1. The Balaban J connectivity index is 1.97. The lowest BCUT2D eigenvalue weighted by molar-refractivity contribution is 0.190. The van der Waals surface area contributed by atoms with Crippen molar-refractivity contribution in [3.8, 4) is 5.75 Å². The Kier molecular flexibility index (Phi) is 5.26. The van der Waals surface area contributed by atoms with Gasteiger partial charge in [-0.3, -0.25) is 0 Å². The van der Waals surface area contributed by atoms with E-state index in [2.05, 4.69) is 44.3 Å². The van der Waals surface area contributed by atoms with Gasteiger partial charge in [0.25, 0.3) is 0 Å². The average Bonchev–Trinajstić information content (AvgIpc) is 2.43. The third-order valence-corrected chi connectivity index (χ3v) is 3.83. The third kappa shape index (κ3) is 4.24. The Labute approximate surface area is 117 Å². The van der Waals surface area contributed by atoms with Crippen molar-refractivity contribution in [1.82, 2.24) is 5.32 Å². The van der Waals surface area contributed by atoms with Crippen molar-refractivity contribution in [2.24, 2.45) is 0 Å². The Morgan fingerprint density at radius 1 is 1.16 bits per heavy atom. The smallest absolute Gasteiger partial charge is 0.120 e. The van der Waals surface area contributed by atoms with E-state index in [1.165, 1.54) is 36.8 Å². The van der Waals surface area contributed by atoms with Crippen LogP contribution in [-0.4, -0.2) is 18.7 Å².